The molecule has 0 heterocycles. The van der Waals surface area contributed by atoms with Crippen LogP contribution in [-0.4, -0.2) is 10.2 Å². The minimum Gasteiger partial charge on any atom is -0.508 e. The van der Waals surface area contributed by atoms with Crippen molar-refractivity contribution in [1.82, 2.24) is 0 Å². The molecule has 1 unspecified atom stereocenters. The molecule has 0 aromatic heterocycles. The monoisotopic (exact) mass is 193 g/mol. The third-order valence-corrected chi connectivity index (χ3v) is 3.26. The second-order valence-corrected chi connectivity index (χ2v) is 4.73. The van der Waals surface area contributed by atoms with Crippen LogP contribution in [0.2, 0.25) is 0 Å². The number of benzene rings is 1. The molecule has 0 aliphatic heterocycles. The summed E-state index contributed by atoms with van der Waals surface area (Å²) in [5.41, 5.74) is 6.29. The fourth-order valence-corrected chi connectivity index (χ4v) is 1.99. The Balaban J connectivity index is 2.48. The van der Waals surface area contributed by atoms with Crippen molar-refractivity contribution in [1.29, 1.82) is 0 Å². The smallest absolute Gasteiger partial charge is 0.120 e. The largest absolute Gasteiger partial charge is 0.508 e. The van der Waals surface area contributed by atoms with Crippen molar-refractivity contribution in [2.24, 2.45) is 11.1 Å². The van der Waals surface area contributed by atoms with Gasteiger partial charge in [-0.3, -0.25) is 0 Å². The molecule has 1 fully saturated rings. The van der Waals surface area contributed by atoms with Gasteiger partial charge in [0.15, 0.2) is 0 Å². The lowest BCUT2D eigenvalue weighted by atomic mass is 9.96. The van der Waals surface area contributed by atoms with Crippen molar-refractivity contribution < 1.29 is 10.2 Å². The van der Waals surface area contributed by atoms with E-state index in [0.29, 0.717) is 5.56 Å². The summed E-state index contributed by atoms with van der Waals surface area (Å²) < 4.78 is 0. The summed E-state index contributed by atoms with van der Waals surface area (Å²) in [5.74, 6) is 0.307. The van der Waals surface area contributed by atoms with E-state index in [0.717, 1.165) is 6.42 Å². The SMILES string of the molecule is CC1(C)CC1(N)c1cc(O)ccc1O. The van der Waals surface area contributed by atoms with Gasteiger partial charge in [0.2, 0.25) is 0 Å². The van der Waals surface area contributed by atoms with E-state index >= 15 is 0 Å². The van der Waals surface area contributed by atoms with Crippen LogP contribution in [0.25, 0.3) is 0 Å². The lowest BCUT2D eigenvalue weighted by Gasteiger charge is -2.16. The molecule has 76 valence electrons. The summed E-state index contributed by atoms with van der Waals surface area (Å²) in [4.78, 5) is 0. The Morgan fingerprint density at radius 1 is 1.29 bits per heavy atom. The molecule has 3 heteroatoms. The van der Waals surface area contributed by atoms with Crippen molar-refractivity contribution in [3.05, 3.63) is 23.8 Å². The zero-order chi connectivity index (χ0) is 10.6. The van der Waals surface area contributed by atoms with Gasteiger partial charge in [-0.05, 0) is 30.0 Å². The van der Waals surface area contributed by atoms with Crippen LogP contribution in [0.4, 0.5) is 0 Å². The first kappa shape index (κ1) is 9.34. The molecule has 2 rings (SSSR count). The molecule has 1 aromatic rings. The highest BCUT2D eigenvalue weighted by atomic mass is 16.3. The Kier molecular flexibility index (Phi) is 1.61. The van der Waals surface area contributed by atoms with Crippen LogP contribution in [0.15, 0.2) is 18.2 Å². The van der Waals surface area contributed by atoms with E-state index < -0.39 is 5.54 Å². The molecule has 0 spiro atoms. The van der Waals surface area contributed by atoms with Gasteiger partial charge in [-0.2, -0.15) is 0 Å². The number of nitrogens with two attached hydrogens (primary N) is 1. The second-order valence-electron chi connectivity index (χ2n) is 4.73. The first-order valence-corrected chi connectivity index (χ1v) is 4.68. The van der Waals surface area contributed by atoms with Crippen molar-refractivity contribution >= 4 is 0 Å². The topological polar surface area (TPSA) is 66.5 Å². The summed E-state index contributed by atoms with van der Waals surface area (Å²) in [6.07, 6.45) is 0.830. The van der Waals surface area contributed by atoms with Crippen LogP contribution < -0.4 is 5.73 Å². The average Bonchev–Trinajstić information content (AvgIpc) is 2.58. The van der Waals surface area contributed by atoms with Crippen LogP contribution in [0.1, 0.15) is 25.8 Å². The van der Waals surface area contributed by atoms with Gasteiger partial charge >= 0.3 is 0 Å². The van der Waals surface area contributed by atoms with E-state index in [4.69, 9.17) is 5.73 Å². The molecular formula is C11H15NO2. The standard InChI is InChI=1S/C11H15NO2/c1-10(2)6-11(10,12)8-5-7(13)3-4-9(8)14/h3-5,13-14H,6,12H2,1-2H3. The molecule has 1 aromatic carbocycles. The molecule has 1 saturated carbocycles. The van der Waals surface area contributed by atoms with Gasteiger partial charge in [0.25, 0.3) is 0 Å². The number of phenols is 2. The van der Waals surface area contributed by atoms with Gasteiger partial charge in [0.1, 0.15) is 11.5 Å². The van der Waals surface area contributed by atoms with Crippen molar-refractivity contribution in [2.75, 3.05) is 0 Å². The van der Waals surface area contributed by atoms with Gasteiger partial charge < -0.3 is 15.9 Å². The Morgan fingerprint density at radius 2 is 1.86 bits per heavy atom. The Hall–Kier alpha value is -1.22. The molecular weight excluding hydrogens is 178 g/mol. The summed E-state index contributed by atoms with van der Waals surface area (Å²) in [5, 5.41) is 19.0. The van der Waals surface area contributed by atoms with Crippen molar-refractivity contribution in [3.63, 3.8) is 0 Å². The third kappa shape index (κ3) is 1.09. The van der Waals surface area contributed by atoms with Crippen LogP contribution >= 0.6 is 0 Å². The molecule has 0 saturated heterocycles. The highest BCUT2D eigenvalue weighted by Crippen LogP contribution is 2.62. The molecule has 1 aliphatic carbocycles. The predicted octanol–water partition coefficient (Wildman–Crippen LogP) is 1.68. The van der Waals surface area contributed by atoms with E-state index in [2.05, 4.69) is 13.8 Å². The minimum atomic E-state index is -0.490. The van der Waals surface area contributed by atoms with Gasteiger partial charge in [0.05, 0.1) is 5.54 Å². The molecule has 0 bridgehead atoms. The van der Waals surface area contributed by atoms with Gasteiger partial charge in [-0.1, -0.05) is 13.8 Å². The molecule has 1 atom stereocenters. The van der Waals surface area contributed by atoms with E-state index in [1.54, 1.807) is 6.07 Å². The summed E-state index contributed by atoms with van der Waals surface area (Å²) in [6.45, 7) is 4.10. The normalized spacial score (nSPS) is 28.8. The van der Waals surface area contributed by atoms with Crippen LogP contribution in [0.3, 0.4) is 0 Å². The maximum Gasteiger partial charge on any atom is 0.120 e. The molecule has 1 aliphatic rings. The number of rotatable bonds is 1. The number of aromatic hydroxyl groups is 2. The molecule has 14 heavy (non-hydrogen) atoms. The number of hydrogen-bond donors (Lipinski definition) is 3. The van der Waals surface area contributed by atoms with E-state index in [-0.39, 0.29) is 16.9 Å². The van der Waals surface area contributed by atoms with Gasteiger partial charge in [-0.15, -0.1) is 0 Å². The Bertz CT molecular complexity index is 387. The molecule has 0 amide bonds. The first-order chi connectivity index (χ1) is 6.37. The number of phenolic OH excluding ortho intramolecular Hbond substituents is 2. The highest BCUT2D eigenvalue weighted by Gasteiger charge is 2.60. The highest BCUT2D eigenvalue weighted by molar-refractivity contribution is 5.48. The summed E-state index contributed by atoms with van der Waals surface area (Å²) in [7, 11) is 0. The molecule has 3 nitrogen and oxygen atoms in total. The Labute approximate surface area is 83.2 Å². The summed E-state index contributed by atoms with van der Waals surface area (Å²) >= 11 is 0. The van der Waals surface area contributed by atoms with Crippen LogP contribution in [-0.2, 0) is 5.54 Å². The summed E-state index contributed by atoms with van der Waals surface area (Å²) in [6, 6.07) is 4.48. The van der Waals surface area contributed by atoms with E-state index in [1.165, 1.54) is 12.1 Å². The fourth-order valence-electron chi connectivity index (χ4n) is 1.99. The minimum absolute atomic E-state index is 0.00171. The van der Waals surface area contributed by atoms with Crippen LogP contribution in [0.5, 0.6) is 11.5 Å². The van der Waals surface area contributed by atoms with Crippen LogP contribution in [0, 0.1) is 5.41 Å². The maximum absolute atomic E-state index is 9.65. The zero-order valence-corrected chi connectivity index (χ0v) is 8.41. The predicted molar refractivity (Wildman–Crippen MR) is 54.0 cm³/mol. The maximum atomic E-state index is 9.65. The lowest BCUT2D eigenvalue weighted by molar-refractivity contribution is 0.429. The first-order valence-electron chi connectivity index (χ1n) is 4.68. The molecule has 0 radical (unpaired) electrons. The second kappa shape index (κ2) is 2.42. The van der Waals surface area contributed by atoms with E-state index in [9.17, 15) is 10.2 Å². The lowest BCUT2D eigenvalue weighted by Crippen LogP contribution is -2.25. The Morgan fingerprint density at radius 3 is 2.36 bits per heavy atom. The van der Waals surface area contributed by atoms with Crippen molar-refractivity contribution in [3.8, 4) is 11.5 Å². The molecule has 4 N–H and O–H groups in total. The van der Waals surface area contributed by atoms with Gasteiger partial charge in [0, 0.05) is 5.56 Å². The quantitative estimate of drug-likeness (QED) is 0.594. The average molecular weight is 193 g/mol. The number of hydrogen-bond acceptors (Lipinski definition) is 3. The van der Waals surface area contributed by atoms with E-state index in [1.807, 2.05) is 0 Å². The zero-order valence-electron chi connectivity index (χ0n) is 8.41. The fraction of sp³-hybridized carbons (Fsp3) is 0.455. The van der Waals surface area contributed by atoms with Gasteiger partial charge in [-0.25, -0.2) is 0 Å². The van der Waals surface area contributed by atoms with Crippen molar-refractivity contribution in [2.45, 2.75) is 25.8 Å². The third-order valence-electron chi connectivity index (χ3n) is 3.26.